The topological polar surface area (TPSA) is 38.3 Å². The number of carbonyl (C=O) groups is 1. The van der Waals surface area contributed by atoms with Crippen LogP contribution in [-0.2, 0) is 4.74 Å². The molecule has 1 N–H and O–H groups in total. The van der Waals surface area contributed by atoms with Crippen molar-refractivity contribution < 1.29 is 9.53 Å². The van der Waals surface area contributed by atoms with Gasteiger partial charge in [0.2, 0.25) is 0 Å². The molecular formula is C10H22BNO2S2. The van der Waals surface area contributed by atoms with E-state index in [0.29, 0.717) is 6.54 Å². The predicted octanol–water partition coefficient (Wildman–Crippen LogP) is 2.33. The van der Waals surface area contributed by atoms with Crippen LogP contribution in [0.1, 0.15) is 27.2 Å². The van der Waals surface area contributed by atoms with Crippen LogP contribution in [0.4, 0.5) is 4.79 Å². The Labute approximate surface area is 108 Å². The first-order chi connectivity index (χ1) is 7.45. The first-order valence-corrected chi connectivity index (χ1v) is 8.16. The molecule has 0 saturated carbocycles. The molecule has 1 amide bonds. The standard InChI is InChI=1S/C10H22BNO2S2/c1-10(2,3)14-9(13)12-6-8-16-15-7-4-5-11/h4-8,11H2,1-3H3,(H,12,13). The van der Waals surface area contributed by atoms with Crippen LogP contribution in [0.3, 0.4) is 0 Å². The number of amides is 1. The van der Waals surface area contributed by atoms with Crippen molar-refractivity contribution in [1.29, 1.82) is 0 Å². The molecule has 0 aliphatic carbocycles. The molecule has 0 aromatic rings. The lowest BCUT2D eigenvalue weighted by Gasteiger charge is -2.19. The molecule has 94 valence electrons. The summed E-state index contributed by atoms with van der Waals surface area (Å²) in [6, 6.07) is 0. The van der Waals surface area contributed by atoms with Gasteiger partial charge in [-0.1, -0.05) is 34.3 Å². The van der Waals surface area contributed by atoms with Crippen molar-refractivity contribution >= 4 is 35.5 Å². The van der Waals surface area contributed by atoms with Gasteiger partial charge in [0.1, 0.15) is 13.4 Å². The Morgan fingerprint density at radius 3 is 2.50 bits per heavy atom. The maximum Gasteiger partial charge on any atom is 0.407 e. The van der Waals surface area contributed by atoms with Crippen molar-refractivity contribution in [2.24, 2.45) is 0 Å². The molecule has 0 aliphatic heterocycles. The zero-order valence-corrected chi connectivity index (χ0v) is 12.3. The fourth-order valence-electron chi connectivity index (χ4n) is 0.830. The third-order valence-electron chi connectivity index (χ3n) is 1.52. The Kier molecular flexibility index (Phi) is 9.13. The zero-order chi connectivity index (χ0) is 12.4. The minimum Gasteiger partial charge on any atom is -0.444 e. The summed E-state index contributed by atoms with van der Waals surface area (Å²) in [5.74, 6) is 2.11. The lowest BCUT2D eigenvalue weighted by molar-refractivity contribution is 0.0531. The van der Waals surface area contributed by atoms with E-state index in [0.717, 1.165) is 5.75 Å². The quantitative estimate of drug-likeness (QED) is 0.434. The fourth-order valence-corrected chi connectivity index (χ4v) is 2.97. The van der Waals surface area contributed by atoms with Crippen molar-refractivity contribution in [3.8, 4) is 0 Å². The lowest BCUT2D eigenvalue weighted by Crippen LogP contribution is -2.33. The summed E-state index contributed by atoms with van der Waals surface area (Å²) in [4.78, 5) is 11.2. The Balaban J connectivity index is 3.28. The molecule has 0 aromatic heterocycles. The van der Waals surface area contributed by atoms with Gasteiger partial charge in [0, 0.05) is 18.1 Å². The zero-order valence-electron chi connectivity index (χ0n) is 10.7. The molecule has 6 heteroatoms. The molecule has 0 heterocycles. The summed E-state index contributed by atoms with van der Waals surface area (Å²) in [7, 11) is 5.86. The highest BCUT2D eigenvalue weighted by Crippen LogP contribution is 2.21. The van der Waals surface area contributed by atoms with E-state index in [1.54, 1.807) is 10.8 Å². The van der Waals surface area contributed by atoms with E-state index in [2.05, 4.69) is 13.2 Å². The Morgan fingerprint density at radius 2 is 1.94 bits per heavy atom. The number of hydrogen-bond acceptors (Lipinski definition) is 4. The van der Waals surface area contributed by atoms with Crippen LogP contribution in [0, 0.1) is 0 Å². The molecule has 0 rings (SSSR count). The maximum atomic E-state index is 11.2. The lowest BCUT2D eigenvalue weighted by atomic mass is 10.0. The number of ether oxygens (including phenoxy) is 1. The second kappa shape index (κ2) is 9.11. The van der Waals surface area contributed by atoms with E-state index in [1.165, 1.54) is 18.5 Å². The molecule has 0 aliphatic rings. The Morgan fingerprint density at radius 1 is 1.31 bits per heavy atom. The molecule has 0 saturated heterocycles. The second-order valence-electron chi connectivity index (χ2n) is 4.43. The van der Waals surface area contributed by atoms with Crippen LogP contribution in [0.2, 0.25) is 6.32 Å². The Hall–Kier alpha value is 0.0349. The summed E-state index contributed by atoms with van der Waals surface area (Å²) in [5.41, 5.74) is -0.410. The molecule has 0 bridgehead atoms. The van der Waals surface area contributed by atoms with E-state index in [-0.39, 0.29) is 6.09 Å². The van der Waals surface area contributed by atoms with Crippen LogP contribution in [0.25, 0.3) is 0 Å². The summed E-state index contributed by atoms with van der Waals surface area (Å²) in [6.07, 6.45) is 2.17. The van der Waals surface area contributed by atoms with Crippen LogP contribution in [0.15, 0.2) is 0 Å². The fraction of sp³-hybridized carbons (Fsp3) is 0.900. The van der Waals surface area contributed by atoms with Crippen molar-refractivity contribution in [3.05, 3.63) is 0 Å². The van der Waals surface area contributed by atoms with E-state index in [9.17, 15) is 4.79 Å². The van der Waals surface area contributed by atoms with Crippen LogP contribution >= 0.6 is 21.6 Å². The molecule has 0 unspecified atom stereocenters. The molecule has 3 nitrogen and oxygen atoms in total. The third kappa shape index (κ3) is 12.1. The van der Waals surface area contributed by atoms with Crippen molar-refractivity contribution in [2.45, 2.75) is 39.1 Å². The van der Waals surface area contributed by atoms with Gasteiger partial charge >= 0.3 is 6.09 Å². The number of carbonyl (C=O) groups excluding carboxylic acids is 1. The normalized spacial score (nSPS) is 11.2. The van der Waals surface area contributed by atoms with Gasteiger partial charge in [-0.3, -0.25) is 0 Å². The first-order valence-electron chi connectivity index (χ1n) is 5.67. The molecule has 0 atom stereocenters. The molecule has 0 radical (unpaired) electrons. The third-order valence-corrected chi connectivity index (χ3v) is 4.01. The summed E-state index contributed by atoms with van der Waals surface area (Å²) in [5, 5.41) is 2.73. The number of alkyl carbamates (subject to hydrolysis) is 1. The Bertz CT molecular complexity index is 198. The monoisotopic (exact) mass is 263 g/mol. The average molecular weight is 263 g/mol. The summed E-state index contributed by atoms with van der Waals surface area (Å²) < 4.78 is 5.12. The van der Waals surface area contributed by atoms with Gasteiger partial charge in [-0.05, 0) is 20.8 Å². The highest BCUT2D eigenvalue weighted by molar-refractivity contribution is 8.76. The van der Waals surface area contributed by atoms with Crippen LogP contribution in [0.5, 0.6) is 0 Å². The van der Waals surface area contributed by atoms with E-state index in [4.69, 9.17) is 4.74 Å². The van der Waals surface area contributed by atoms with Crippen LogP contribution < -0.4 is 5.32 Å². The van der Waals surface area contributed by atoms with Crippen molar-refractivity contribution in [2.75, 3.05) is 18.1 Å². The minimum absolute atomic E-state index is 0.327. The number of rotatable bonds is 7. The maximum absolute atomic E-state index is 11.2. The second-order valence-corrected chi connectivity index (χ2v) is 7.13. The van der Waals surface area contributed by atoms with E-state index < -0.39 is 5.60 Å². The molecule has 0 fully saturated rings. The molecule has 0 aromatic carbocycles. The largest absolute Gasteiger partial charge is 0.444 e. The van der Waals surface area contributed by atoms with Gasteiger partial charge in [0.25, 0.3) is 0 Å². The first kappa shape index (κ1) is 16.0. The molecular weight excluding hydrogens is 241 g/mol. The van der Waals surface area contributed by atoms with E-state index >= 15 is 0 Å². The highest BCUT2D eigenvalue weighted by Gasteiger charge is 2.15. The number of nitrogens with one attached hydrogen (secondary N) is 1. The van der Waals surface area contributed by atoms with Crippen molar-refractivity contribution in [3.63, 3.8) is 0 Å². The SMILES string of the molecule is BCCCSSCCNC(=O)OC(C)(C)C. The van der Waals surface area contributed by atoms with Gasteiger partial charge < -0.3 is 10.1 Å². The smallest absolute Gasteiger partial charge is 0.407 e. The molecule has 16 heavy (non-hydrogen) atoms. The van der Waals surface area contributed by atoms with E-state index in [1.807, 2.05) is 31.6 Å². The van der Waals surface area contributed by atoms with Gasteiger partial charge in [0.15, 0.2) is 0 Å². The van der Waals surface area contributed by atoms with Gasteiger partial charge in [-0.15, -0.1) is 0 Å². The van der Waals surface area contributed by atoms with Gasteiger partial charge in [0.05, 0.1) is 0 Å². The van der Waals surface area contributed by atoms with Crippen molar-refractivity contribution in [1.82, 2.24) is 5.32 Å². The van der Waals surface area contributed by atoms with Gasteiger partial charge in [-0.2, -0.15) is 0 Å². The number of hydrogen-bond donors (Lipinski definition) is 1. The minimum atomic E-state index is -0.410. The summed E-state index contributed by atoms with van der Waals surface area (Å²) >= 11 is 0. The van der Waals surface area contributed by atoms with Crippen LogP contribution in [-0.4, -0.2) is 37.6 Å². The predicted molar refractivity (Wildman–Crippen MR) is 77.1 cm³/mol. The summed E-state index contributed by atoms with van der Waals surface area (Å²) in [6.45, 7) is 6.25. The molecule has 0 spiro atoms. The van der Waals surface area contributed by atoms with Gasteiger partial charge in [-0.25, -0.2) is 4.79 Å². The average Bonchev–Trinajstić information content (AvgIpc) is 2.13. The highest BCUT2D eigenvalue weighted by atomic mass is 33.1.